The zero-order valence-electron chi connectivity index (χ0n) is 11.4. The molecule has 2 aromatic rings. The predicted octanol–water partition coefficient (Wildman–Crippen LogP) is 4.49. The van der Waals surface area contributed by atoms with Crippen LogP contribution in [0.4, 0.5) is 18.9 Å². The second-order valence-corrected chi connectivity index (χ2v) is 5.34. The molecule has 0 atom stereocenters. The number of hydrogen-bond acceptors (Lipinski definition) is 2. The number of carbonyl (C=O) groups excluding carboxylic acids is 1. The minimum Gasteiger partial charge on any atom is -0.332 e. The van der Waals surface area contributed by atoms with Crippen molar-refractivity contribution in [3.63, 3.8) is 0 Å². The quantitative estimate of drug-likeness (QED) is 0.777. The number of alkyl halides is 3. The molecule has 0 spiro atoms. The average Bonchev–Trinajstić information content (AvgIpc) is 2.47. The lowest BCUT2D eigenvalue weighted by atomic mass is 10.2. The van der Waals surface area contributed by atoms with Gasteiger partial charge in [-0.25, -0.2) is 0 Å². The van der Waals surface area contributed by atoms with Crippen molar-refractivity contribution in [2.45, 2.75) is 6.18 Å². The first kappa shape index (κ1) is 17.2. The fourth-order valence-corrected chi connectivity index (χ4v) is 2.05. The molecule has 0 aromatic heterocycles. The van der Waals surface area contributed by atoms with Gasteiger partial charge in [0.25, 0.3) is 5.91 Å². The first-order valence-corrected chi connectivity index (χ1v) is 7.09. The molecule has 0 aliphatic heterocycles. The molecule has 0 bridgehead atoms. The van der Waals surface area contributed by atoms with Gasteiger partial charge in [-0.3, -0.25) is 10.1 Å². The van der Waals surface area contributed by atoms with Crippen LogP contribution in [0.5, 0.6) is 0 Å². The van der Waals surface area contributed by atoms with E-state index in [1.807, 2.05) is 0 Å². The van der Waals surface area contributed by atoms with Gasteiger partial charge in [0.2, 0.25) is 0 Å². The van der Waals surface area contributed by atoms with Gasteiger partial charge in [0, 0.05) is 16.3 Å². The molecule has 2 rings (SSSR count). The smallest absolute Gasteiger partial charge is 0.332 e. The number of rotatable bonds is 2. The number of hydrogen-bond donors (Lipinski definition) is 2. The normalized spacial score (nSPS) is 11.0. The largest absolute Gasteiger partial charge is 0.416 e. The van der Waals surface area contributed by atoms with Crippen molar-refractivity contribution in [2.75, 3.05) is 5.32 Å². The number of benzene rings is 2. The van der Waals surface area contributed by atoms with Gasteiger partial charge in [0.1, 0.15) is 0 Å². The summed E-state index contributed by atoms with van der Waals surface area (Å²) in [6, 6.07) is 10.6. The highest BCUT2D eigenvalue weighted by atomic mass is 35.5. The minimum absolute atomic E-state index is 0.107. The van der Waals surface area contributed by atoms with Crippen LogP contribution >= 0.6 is 23.8 Å². The zero-order chi connectivity index (χ0) is 17.0. The van der Waals surface area contributed by atoms with Crippen molar-refractivity contribution < 1.29 is 18.0 Å². The van der Waals surface area contributed by atoms with Gasteiger partial charge in [0.15, 0.2) is 5.11 Å². The van der Waals surface area contributed by atoms with Crippen LogP contribution in [0.1, 0.15) is 15.9 Å². The summed E-state index contributed by atoms with van der Waals surface area (Å²) < 4.78 is 37.9. The van der Waals surface area contributed by atoms with Crippen LogP contribution in [0, 0.1) is 0 Å². The van der Waals surface area contributed by atoms with E-state index in [-0.39, 0.29) is 10.8 Å². The summed E-state index contributed by atoms with van der Waals surface area (Å²) in [5.41, 5.74) is -0.363. The zero-order valence-corrected chi connectivity index (χ0v) is 13.0. The molecule has 2 aromatic carbocycles. The van der Waals surface area contributed by atoms with Crippen molar-refractivity contribution >= 4 is 40.5 Å². The van der Waals surface area contributed by atoms with Crippen LogP contribution in [-0.2, 0) is 6.18 Å². The summed E-state index contributed by atoms with van der Waals surface area (Å²) >= 11 is 10.6. The molecule has 0 radical (unpaired) electrons. The molecule has 0 unspecified atom stereocenters. The Balaban J connectivity index is 2.02. The minimum atomic E-state index is -4.45. The third-order valence-corrected chi connectivity index (χ3v) is 3.24. The molecule has 120 valence electrons. The lowest BCUT2D eigenvalue weighted by Gasteiger charge is -2.12. The maximum Gasteiger partial charge on any atom is 0.416 e. The number of nitrogens with one attached hydrogen (secondary N) is 2. The van der Waals surface area contributed by atoms with E-state index < -0.39 is 17.6 Å². The Morgan fingerprint density at radius 1 is 1.09 bits per heavy atom. The second-order valence-electron chi connectivity index (χ2n) is 4.49. The lowest BCUT2D eigenvalue weighted by Crippen LogP contribution is -2.34. The van der Waals surface area contributed by atoms with E-state index in [2.05, 4.69) is 10.6 Å². The Labute approximate surface area is 140 Å². The van der Waals surface area contributed by atoms with Crippen molar-refractivity contribution in [1.29, 1.82) is 0 Å². The van der Waals surface area contributed by atoms with Crippen molar-refractivity contribution in [3.8, 4) is 0 Å². The molecule has 0 fully saturated rings. The molecule has 2 N–H and O–H groups in total. The van der Waals surface area contributed by atoms with E-state index in [0.717, 1.165) is 12.1 Å². The fourth-order valence-electron chi connectivity index (χ4n) is 1.71. The lowest BCUT2D eigenvalue weighted by molar-refractivity contribution is -0.137. The van der Waals surface area contributed by atoms with E-state index in [0.29, 0.717) is 10.6 Å². The topological polar surface area (TPSA) is 41.1 Å². The number of carbonyl (C=O) groups is 1. The monoisotopic (exact) mass is 358 g/mol. The first-order chi connectivity index (χ1) is 10.8. The molecule has 0 saturated carbocycles. The molecule has 0 heterocycles. The van der Waals surface area contributed by atoms with Crippen LogP contribution in [0.25, 0.3) is 0 Å². The van der Waals surface area contributed by atoms with E-state index >= 15 is 0 Å². The molecule has 0 aliphatic carbocycles. The molecule has 0 saturated heterocycles. The second kappa shape index (κ2) is 6.97. The Morgan fingerprint density at radius 2 is 1.74 bits per heavy atom. The molecular formula is C15H10ClF3N2OS. The Bertz CT molecular complexity index is 732. The van der Waals surface area contributed by atoms with E-state index in [4.69, 9.17) is 23.8 Å². The summed E-state index contributed by atoms with van der Waals surface area (Å²) in [6.45, 7) is 0. The number of thiocarbonyl (C=S) groups is 1. The van der Waals surface area contributed by atoms with Crippen LogP contribution in [0.3, 0.4) is 0 Å². The maximum absolute atomic E-state index is 12.6. The van der Waals surface area contributed by atoms with Crippen molar-refractivity contribution in [2.24, 2.45) is 0 Å². The van der Waals surface area contributed by atoms with E-state index in [1.165, 1.54) is 24.3 Å². The van der Waals surface area contributed by atoms with Gasteiger partial charge in [-0.1, -0.05) is 17.7 Å². The Hall–Kier alpha value is -2.12. The number of anilines is 1. The van der Waals surface area contributed by atoms with Gasteiger partial charge in [-0.15, -0.1) is 0 Å². The molecule has 0 aliphatic rings. The summed E-state index contributed by atoms with van der Waals surface area (Å²) in [5.74, 6) is -0.494. The first-order valence-electron chi connectivity index (χ1n) is 6.31. The van der Waals surface area contributed by atoms with Gasteiger partial charge < -0.3 is 5.32 Å². The number of halogens is 4. The van der Waals surface area contributed by atoms with Crippen molar-refractivity contribution in [3.05, 3.63) is 64.7 Å². The van der Waals surface area contributed by atoms with Crippen LogP contribution < -0.4 is 10.6 Å². The Kier molecular flexibility index (Phi) is 5.23. The molecule has 8 heteroatoms. The molecule has 1 amide bonds. The number of amides is 1. The molecular weight excluding hydrogens is 349 g/mol. The third-order valence-electron chi connectivity index (χ3n) is 2.78. The van der Waals surface area contributed by atoms with Crippen molar-refractivity contribution in [1.82, 2.24) is 5.32 Å². The highest BCUT2D eigenvalue weighted by molar-refractivity contribution is 7.80. The van der Waals surface area contributed by atoms with Crippen LogP contribution in [0.15, 0.2) is 48.5 Å². The molecule has 23 heavy (non-hydrogen) atoms. The average molecular weight is 359 g/mol. The van der Waals surface area contributed by atoms with Gasteiger partial charge in [-0.05, 0) is 54.7 Å². The van der Waals surface area contributed by atoms with Crippen LogP contribution in [0.2, 0.25) is 5.02 Å². The maximum atomic E-state index is 12.6. The van der Waals surface area contributed by atoms with Gasteiger partial charge >= 0.3 is 6.18 Å². The third kappa shape index (κ3) is 4.94. The van der Waals surface area contributed by atoms with Crippen LogP contribution in [-0.4, -0.2) is 11.0 Å². The van der Waals surface area contributed by atoms with E-state index in [9.17, 15) is 18.0 Å². The SMILES string of the molecule is O=C(NC(=S)Nc1cccc(C(F)(F)F)c1)c1ccc(Cl)cc1. The summed E-state index contributed by atoms with van der Waals surface area (Å²) in [6.07, 6.45) is -4.45. The fraction of sp³-hybridized carbons (Fsp3) is 0.0667. The predicted molar refractivity (Wildman–Crippen MR) is 86.6 cm³/mol. The Morgan fingerprint density at radius 3 is 2.35 bits per heavy atom. The summed E-state index contributed by atoms with van der Waals surface area (Å²) in [5, 5.41) is 5.29. The highest BCUT2D eigenvalue weighted by Gasteiger charge is 2.30. The molecule has 3 nitrogen and oxygen atoms in total. The summed E-state index contributed by atoms with van der Waals surface area (Å²) in [7, 11) is 0. The highest BCUT2D eigenvalue weighted by Crippen LogP contribution is 2.30. The van der Waals surface area contributed by atoms with Gasteiger partial charge in [0.05, 0.1) is 5.56 Å². The van der Waals surface area contributed by atoms with Gasteiger partial charge in [-0.2, -0.15) is 13.2 Å². The summed E-state index contributed by atoms with van der Waals surface area (Å²) in [4.78, 5) is 11.9. The standard InChI is InChI=1S/C15H10ClF3N2OS/c16-11-6-4-9(5-7-11)13(22)21-14(23)20-12-3-1-2-10(8-12)15(17,18)19/h1-8H,(H2,20,21,22,23). The van der Waals surface area contributed by atoms with E-state index in [1.54, 1.807) is 12.1 Å².